The van der Waals surface area contributed by atoms with Gasteiger partial charge in [-0.3, -0.25) is 4.57 Å². The summed E-state index contributed by atoms with van der Waals surface area (Å²) in [6.07, 6.45) is 0. The maximum absolute atomic E-state index is 14.0. The smallest absolute Gasteiger partial charge is 0.149 e. The van der Waals surface area contributed by atoms with Crippen molar-refractivity contribution < 1.29 is 4.39 Å². The molecule has 2 N–H and O–H groups in total. The maximum Gasteiger partial charge on any atom is 0.149 e. The van der Waals surface area contributed by atoms with Crippen molar-refractivity contribution >= 4 is 11.0 Å². The van der Waals surface area contributed by atoms with Crippen LogP contribution < -0.4 is 5.73 Å². The van der Waals surface area contributed by atoms with Crippen LogP contribution in [-0.4, -0.2) is 9.55 Å². The van der Waals surface area contributed by atoms with Gasteiger partial charge in [-0.25, -0.2) is 9.37 Å². The van der Waals surface area contributed by atoms with Crippen molar-refractivity contribution in [1.82, 2.24) is 9.55 Å². The third-order valence-electron chi connectivity index (χ3n) is 2.89. The molecule has 0 spiro atoms. The van der Waals surface area contributed by atoms with Gasteiger partial charge in [-0.05, 0) is 24.3 Å². The van der Waals surface area contributed by atoms with Crippen LogP contribution >= 0.6 is 0 Å². The van der Waals surface area contributed by atoms with E-state index in [-0.39, 0.29) is 12.4 Å². The molecule has 18 heavy (non-hydrogen) atoms. The van der Waals surface area contributed by atoms with Gasteiger partial charge in [0.15, 0.2) is 0 Å². The summed E-state index contributed by atoms with van der Waals surface area (Å²) in [5, 5.41) is 0. The molecule has 3 rings (SSSR count). The van der Waals surface area contributed by atoms with Gasteiger partial charge in [-0.2, -0.15) is 0 Å². The first-order valence-electron chi connectivity index (χ1n) is 5.72. The molecule has 0 unspecified atom stereocenters. The number of aromatic nitrogens is 2. The molecule has 0 atom stereocenters. The van der Waals surface area contributed by atoms with Crippen LogP contribution in [0.2, 0.25) is 0 Å². The molecule has 0 saturated carbocycles. The van der Waals surface area contributed by atoms with Crippen LogP contribution in [0, 0.1) is 5.82 Å². The molecule has 3 nitrogen and oxygen atoms in total. The number of halogens is 1. The average Bonchev–Trinajstić information content (AvgIpc) is 2.79. The third-order valence-corrected chi connectivity index (χ3v) is 2.89. The number of hydrogen-bond acceptors (Lipinski definition) is 2. The Balaban J connectivity index is 2.39. The highest BCUT2D eigenvalue weighted by Crippen LogP contribution is 2.23. The number of nitrogens with two attached hydrogens (primary N) is 1. The van der Waals surface area contributed by atoms with Gasteiger partial charge in [-0.15, -0.1) is 0 Å². The molecule has 0 aliphatic carbocycles. The zero-order valence-corrected chi connectivity index (χ0v) is 9.68. The van der Waals surface area contributed by atoms with E-state index in [4.69, 9.17) is 5.73 Å². The zero-order valence-electron chi connectivity index (χ0n) is 9.68. The molecule has 0 amide bonds. The van der Waals surface area contributed by atoms with Crippen molar-refractivity contribution in [2.24, 2.45) is 5.73 Å². The lowest BCUT2D eigenvalue weighted by atomic mass is 10.2. The van der Waals surface area contributed by atoms with Crippen molar-refractivity contribution in [1.29, 1.82) is 0 Å². The van der Waals surface area contributed by atoms with E-state index < -0.39 is 0 Å². The van der Waals surface area contributed by atoms with Gasteiger partial charge < -0.3 is 5.73 Å². The molecule has 0 aliphatic rings. The van der Waals surface area contributed by atoms with E-state index in [9.17, 15) is 4.39 Å². The number of fused-ring (bicyclic) bond motifs is 1. The van der Waals surface area contributed by atoms with E-state index in [0.29, 0.717) is 16.9 Å². The summed E-state index contributed by atoms with van der Waals surface area (Å²) in [6.45, 7) is 0.267. The third kappa shape index (κ3) is 1.58. The number of benzene rings is 2. The molecule has 0 saturated heterocycles. The quantitative estimate of drug-likeness (QED) is 0.749. The second-order valence-corrected chi connectivity index (χ2v) is 4.01. The predicted octanol–water partition coefficient (Wildman–Crippen LogP) is 2.62. The van der Waals surface area contributed by atoms with Crippen LogP contribution in [0.4, 0.5) is 4.39 Å². The van der Waals surface area contributed by atoms with Crippen molar-refractivity contribution in [3.05, 3.63) is 60.2 Å². The van der Waals surface area contributed by atoms with E-state index in [1.807, 2.05) is 30.3 Å². The van der Waals surface area contributed by atoms with Crippen LogP contribution in [0.25, 0.3) is 16.7 Å². The summed E-state index contributed by atoms with van der Waals surface area (Å²) in [5.41, 5.74) is 7.66. The van der Waals surface area contributed by atoms with Crippen LogP contribution in [-0.2, 0) is 6.54 Å². The highest BCUT2D eigenvalue weighted by Gasteiger charge is 2.14. The van der Waals surface area contributed by atoms with Gasteiger partial charge >= 0.3 is 0 Å². The molecule has 0 bridgehead atoms. The number of hydrogen-bond donors (Lipinski definition) is 1. The summed E-state index contributed by atoms with van der Waals surface area (Å²) < 4.78 is 15.7. The fraction of sp³-hybridized carbons (Fsp3) is 0.0714. The summed E-state index contributed by atoms with van der Waals surface area (Å²) >= 11 is 0. The monoisotopic (exact) mass is 241 g/mol. The lowest BCUT2D eigenvalue weighted by molar-refractivity contribution is 0.633. The molecule has 4 heteroatoms. The number of para-hydroxylation sites is 2. The first kappa shape index (κ1) is 10.9. The van der Waals surface area contributed by atoms with Crippen LogP contribution in [0.5, 0.6) is 0 Å². The van der Waals surface area contributed by atoms with Crippen molar-refractivity contribution in [3.63, 3.8) is 0 Å². The fourth-order valence-corrected chi connectivity index (χ4v) is 2.13. The Morgan fingerprint density at radius 2 is 1.83 bits per heavy atom. The highest BCUT2D eigenvalue weighted by atomic mass is 19.1. The lowest BCUT2D eigenvalue weighted by Crippen LogP contribution is -2.07. The molecular formula is C14H12FN3. The van der Waals surface area contributed by atoms with Crippen molar-refractivity contribution in [2.45, 2.75) is 6.54 Å². The van der Waals surface area contributed by atoms with Crippen LogP contribution in [0.1, 0.15) is 5.82 Å². The Kier molecular flexibility index (Phi) is 2.57. The van der Waals surface area contributed by atoms with Crippen LogP contribution in [0.15, 0.2) is 48.5 Å². The summed E-state index contributed by atoms with van der Waals surface area (Å²) in [4.78, 5) is 4.37. The van der Waals surface area contributed by atoms with Gasteiger partial charge in [0.1, 0.15) is 17.2 Å². The zero-order chi connectivity index (χ0) is 12.5. The molecule has 1 aromatic heterocycles. The number of rotatable bonds is 2. The maximum atomic E-state index is 14.0. The van der Waals surface area contributed by atoms with Gasteiger partial charge in [0.25, 0.3) is 0 Å². The largest absolute Gasteiger partial charge is 0.324 e. The molecule has 1 heterocycles. The Bertz CT molecular complexity index is 689. The van der Waals surface area contributed by atoms with E-state index in [0.717, 1.165) is 5.69 Å². The number of imidazole rings is 1. The summed E-state index contributed by atoms with van der Waals surface area (Å²) in [5.74, 6) is 0.366. The molecule has 0 radical (unpaired) electrons. The minimum Gasteiger partial charge on any atom is -0.324 e. The van der Waals surface area contributed by atoms with E-state index in [2.05, 4.69) is 4.98 Å². The van der Waals surface area contributed by atoms with Crippen LogP contribution in [0.3, 0.4) is 0 Å². The second kappa shape index (κ2) is 4.23. The first-order chi connectivity index (χ1) is 8.81. The molecule has 2 aromatic carbocycles. The van der Waals surface area contributed by atoms with E-state index >= 15 is 0 Å². The topological polar surface area (TPSA) is 43.8 Å². The minimum absolute atomic E-state index is 0.267. The van der Waals surface area contributed by atoms with Crippen molar-refractivity contribution in [3.8, 4) is 5.69 Å². The highest BCUT2D eigenvalue weighted by molar-refractivity contribution is 5.79. The lowest BCUT2D eigenvalue weighted by Gasteiger charge is -2.08. The Morgan fingerprint density at radius 3 is 2.56 bits per heavy atom. The van der Waals surface area contributed by atoms with Crippen molar-refractivity contribution in [2.75, 3.05) is 0 Å². The Morgan fingerprint density at radius 1 is 1.06 bits per heavy atom. The molecule has 3 aromatic rings. The van der Waals surface area contributed by atoms with Gasteiger partial charge in [0.05, 0.1) is 12.1 Å². The molecule has 0 aliphatic heterocycles. The van der Waals surface area contributed by atoms with Gasteiger partial charge in [-0.1, -0.05) is 24.3 Å². The Hall–Kier alpha value is -2.20. The molecular weight excluding hydrogens is 229 g/mol. The summed E-state index contributed by atoms with van der Waals surface area (Å²) in [6, 6.07) is 14.4. The normalized spacial score (nSPS) is 11.0. The molecule has 0 fully saturated rings. The number of nitrogens with zero attached hydrogens (tertiary/aromatic N) is 2. The SMILES string of the molecule is NCc1nc2cccc(F)c2n1-c1ccccc1. The summed E-state index contributed by atoms with van der Waals surface area (Å²) in [7, 11) is 0. The first-order valence-corrected chi connectivity index (χ1v) is 5.72. The minimum atomic E-state index is -0.288. The van der Waals surface area contributed by atoms with E-state index in [1.54, 1.807) is 16.7 Å². The average molecular weight is 241 g/mol. The fourth-order valence-electron chi connectivity index (χ4n) is 2.13. The van der Waals surface area contributed by atoms with E-state index in [1.165, 1.54) is 6.07 Å². The second-order valence-electron chi connectivity index (χ2n) is 4.01. The van der Waals surface area contributed by atoms with Gasteiger partial charge in [0, 0.05) is 5.69 Å². The molecule has 90 valence electrons. The standard InChI is InChI=1S/C14H12FN3/c15-11-7-4-8-12-14(11)18(13(9-16)17-12)10-5-2-1-3-6-10/h1-8H,9,16H2. The van der Waals surface area contributed by atoms with Gasteiger partial charge in [0.2, 0.25) is 0 Å². The predicted molar refractivity (Wildman–Crippen MR) is 68.9 cm³/mol. The Labute approximate surface area is 104 Å².